The molecule has 0 N–H and O–H groups in total. The maximum absolute atomic E-state index is 5.44. The summed E-state index contributed by atoms with van der Waals surface area (Å²) in [4.78, 5) is 0. The second kappa shape index (κ2) is 5.09. The summed E-state index contributed by atoms with van der Waals surface area (Å²) in [7, 11) is 0. The minimum Gasteiger partial charge on any atom is -0.494 e. The molecule has 1 aromatic heterocycles. The molecule has 0 amide bonds. The van der Waals surface area contributed by atoms with Crippen LogP contribution < -0.4 is 4.74 Å². The van der Waals surface area contributed by atoms with E-state index in [0.717, 1.165) is 18.9 Å². The van der Waals surface area contributed by atoms with Crippen LogP contribution in [-0.4, -0.2) is 11.2 Å². The molecule has 2 rings (SSSR count). The quantitative estimate of drug-likeness (QED) is 0.782. The zero-order valence-electron chi connectivity index (χ0n) is 10.7. The molecule has 0 spiro atoms. The molecule has 0 atom stereocenters. The fourth-order valence-electron chi connectivity index (χ4n) is 1.99. The van der Waals surface area contributed by atoms with E-state index in [9.17, 15) is 0 Å². The molecular formula is C15H19NO. The van der Waals surface area contributed by atoms with Gasteiger partial charge in [-0.3, -0.25) is 0 Å². The van der Waals surface area contributed by atoms with Crippen molar-refractivity contribution in [2.75, 3.05) is 6.61 Å². The molecule has 1 heterocycles. The van der Waals surface area contributed by atoms with E-state index in [4.69, 9.17) is 4.74 Å². The van der Waals surface area contributed by atoms with Crippen LogP contribution in [0, 0.1) is 13.8 Å². The van der Waals surface area contributed by atoms with Gasteiger partial charge in [-0.05, 0) is 50.6 Å². The number of hydrogen-bond acceptors (Lipinski definition) is 1. The Morgan fingerprint density at radius 1 is 0.941 bits per heavy atom. The molecule has 0 radical (unpaired) electrons. The number of aryl methyl sites for hydroxylation is 2. The topological polar surface area (TPSA) is 14.2 Å². The van der Waals surface area contributed by atoms with Crippen molar-refractivity contribution >= 4 is 0 Å². The highest BCUT2D eigenvalue weighted by atomic mass is 16.5. The molecule has 0 fully saturated rings. The third-order valence-electron chi connectivity index (χ3n) is 2.99. The first-order valence-electron chi connectivity index (χ1n) is 6.05. The molecular weight excluding hydrogens is 210 g/mol. The highest BCUT2D eigenvalue weighted by Crippen LogP contribution is 2.15. The van der Waals surface area contributed by atoms with Gasteiger partial charge in [0.1, 0.15) is 5.75 Å². The fraction of sp³-hybridized carbons (Fsp3) is 0.333. The lowest BCUT2D eigenvalue weighted by molar-refractivity contribution is 0.340. The lowest BCUT2D eigenvalue weighted by Crippen LogP contribution is -2.03. The van der Waals surface area contributed by atoms with Gasteiger partial charge in [-0.25, -0.2) is 0 Å². The smallest absolute Gasteiger partial charge is 0.119 e. The summed E-state index contributed by atoms with van der Waals surface area (Å²) in [5, 5.41) is 0. The highest BCUT2D eigenvalue weighted by molar-refractivity contribution is 5.28. The van der Waals surface area contributed by atoms with Crippen LogP contribution in [0.4, 0.5) is 0 Å². The Labute approximate surface area is 103 Å². The molecule has 17 heavy (non-hydrogen) atoms. The molecule has 2 aromatic rings. The van der Waals surface area contributed by atoms with Gasteiger partial charge in [0.15, 0.2) is 0 Å². The van der Waals surface area contributed by atoms with E-state index in [-0.39, 0.29) is 0 Å². The lowest BCUT2D eigenvalue weighted by atomic mass is 10.2. The van der Waals surface area contributed by atoms with Crippen LogP contribution in [0.3, 0.4) is 0 Å². The Kier molecular flexibility index (Phi) is 3.52. The average Bonchev–Trinajstić information content (AvgIpc) is 2.64. The summed E-state index contributed by atoms with van der Waals surface area (Å²) < 4.78 is 7.75. The molecule has 0 unspecified atom stereocenters. The first-order valence-corrected chi connectivity index (χ1v) is 6.05. The fourth-order valence-corrected chi connectivity index (χ4v) is 1.99. The SMILES string of the molecule is CCOc1ccc(Cn2c(C)ccc2C)cc1. The summed E-state index contributed by atoms with van der Waals surface area (Å²) in [6, 6.07) is 12.6. The van der Waals surface area contributed by atoms with Gasteiger partial charge in [0.05, 0.1) is 6.61 Å². The van der Waals surface area contributed by atoms with E-state index < -0.39 is 0 Å². The Bertz CT molecular complexity index is 463. The minimum atomic E-state index is 0.717. The van der Waals surface area contributed by atoms with Crippen LogP contribution in [0.2, 0.25) is 0 Å². The maximum atomic E-state index is 5.44. The van der Waals surface area contributed by atoms with Crippen LogP contribution in [0.1, 0.15) is 23.9 Å². The standard InChI is InChI=1S/C15H19NO/c1-4-17-15-9-7-14(8-10-15)11-16-12(2)5-6-13(16)3/h5-10H,4,11H2,1-3H3. The van der Waals surface area contributed by atoms with E-state index in [0.29, 0.717) is 0 Å². The summed E-state index contributed by atoms with van der Waals surface area (Å²) in [5.41, 5.74) is 3.91. The number of benzene rings is 1. The van der Waals surface area contributed by atoms with E-state index in [1.807, 2.05) is 19.1 Å². The number of ether oxygens (including phenoxy) is 1. The number of rotatable bonds is 4. The van der Waals surface area contributed by atoms with Gasteiger partial charge in [-0.2, -0.15) is 0 Å². The van der Waals surface area contributed by atoms with Gasteiger partial charge in [0.2, 0.25) is 0 Å². The van der Waals surface area contributed by atoms with Gasteiger partial charge in [0.25, 0.3) is 0 Å². The Morgan fingerprint density at radius 3 is 2.06 bits per heavy atom. The first-order chi connectivity index (χ1) is 8.20. The molecule has 0 saturated carbocycles. The Morgan fingerprint density at radius 2 is 1.53 bits per heavy atom. The van der Waals surface area contributed by atoms with E-state index in [1.165, 1.54) is 17.0 Å². The van der Waals surface area contributed by atoms with Crippen molar-refractivity contribution in [2.24, 2.45) is 0 Å². The first kappa shape index (κ1) is 11.8. The van der Waals surface area contributed by atoms with Crippen molar-refractivity contribution in [1.29, 1.82) is 0 Å². The van der Waals surface area contributed by atoms with Gasteiger partial charge < -0.3 is 9.30 Å². The zero-order valence-corrected chi connectivity index (χ0v) is 10.7. The summed E-state index contributed by atoms with van der Waals surface area (Å²) in [6.45, 7) is 7.93. The van der Waals surface area contributed by atoms with E-state index in [1.54, 1.807) is 0 Å². The molecule has 1 aromatic carbocycles. The van der Waals surface area contributed by atoms with Crippen LogP contribution in [0.15, 0.2) is 36.4 Å². The lowest BCUT2D eigenvalue weighted by Gasteiger charge is -2.10. The summed E-state index contributed by atoms with van der Waals surface area (Å²) in [5.74, 6) is 0.942. The van der Waals surface area contributed by atoms with Gasteiger partial charge >= 0.3 is 0 Å². The van der Waals surface area contributed by atoms with E-state index >= 15 is 0 Å². The molecule has 2 heteroatoms. The van der Waals surface area contributed by atoms with Crippen molar-refractivity contribution in [3.8, 4) is 5.75 Å². The monoisotopic (exact) mass is 229 g/mol. The van der Waals surface area contributed by atoms with Crippen LogP contribution in [0.5, 0.6) is 5.75 Å². The van der Waals surface area contributed by atoms with Gasteiger partial charge in [-0.1, -0.05) is 12.1 Å². The predicted molar refractivity (Wildman–Crippen MR) is 70.6 cm³/mol. The molecule has 0 aliphatic heterocycles. The van der Waals surface area contributed by atoms with Crippen LogP contribution in [0.25, 0.3) is 0 Å². The molecule has 0 aliphatic carbocycles. The Hall–Kier alpha value is -1.70. The molecule has 0 saturated heterocycles. The largest absolute Gasteiger partial charge is 0.494 e. The molecule has 0 bridgehead atoms. The van der Waals surface area contributed by atoms with Gasteiger partial charge in [0, 0.05) is 17.9 Å². The van der Waals surface area contributed by atoms with Crippen LogP contribution in [-0.2, 0) is 6.54 Å². The number of nitrogens with zero attached hydrogens (tertiary/aromatic N) is 1. The highest BCUT2D eigenvalue weighted by Gasteiger charge is 2.02. The van der Waals surface area contributed by atoms with Crippen molar-refractivity contribution in [3.63, 3.8) is 0 Å². The number of aromatic nitrogens is 1. The van der Waals surface area contributed by atoms with E-state index in [2.05, 4.69) is 42.7 Å². The Balaban J connectivity index is 2.14. The third-order valence-corrected chi connectivity index (χ3v) is 2.99. The van der Waals surface area contributed by atoms with Gasteiger partial charge in [-0.15, -0.1) is 0 Å². The van der Waals surface area contributed by atoms with Crippen molar-refractivity contribution in [1.82, 2.24) is 4.57 Å². The average molecular weight is 229 g/mol. The van der Waals surface area contributed by atoms with Crippen molar-refractivity contribution in [3.05, 3.63) is 53.3 Å². The normalized spacial score (nSPS) is 10.5. The third kappa shape index (κ3) is 2.70. The minimum absolute atomic E-state index is 0.717. The summed E-state index contributed by atoms with van der Waals surface area (Å²) >= 11 is 0. The predicted octanol–water partition coefficient (Wildman–Crippen LogP) is 3.55. The zero-order chi connectivity index (χ0) is 12.3. The van der Waals surface area contributed by atoms with Crippen molar-refractivity contribution in [2.45, 2.75) is 27.3 Å². The maximum Gasteiger partial charge on any atom is 0.119 e. The number of hydrogen-bond donors (Lipinski definition) is 0. The second-order valence-corrected chi connectivity index (χ2v) is 4.28. The molecule has 0 aliphatic rings. The second-order valence-electron chi connectivity index (χ2n) is 4.28. The van der Waals surface area contributed by atoms with Crippen molar-refractivity contribution < 1.29 is 4.74 Å². The molecule has 2 nitrogen and oxygen atoms in total. The summed E-state index contributed by atoms with van der Waals surface area (Å²) in [6.07, 6.45) is 0. The molecule has 90 valence electrons. The van der Waals surface area contributed by atoms with Crippen LogP contribution >= 0.6 is 0 Å².